The van der Waals surface area contributed by atoms with Crippen molar-refractivity contribution in [1.82, 2.24) is 4.90 Å². The molecule has 1 unspecified atom stereocenters. The van der Waals surface area contributed by atoms with Crippen molar-refractivity contribution in [2.24, 2.45) is 5.10 Å². The molecule has 0 saturated carbocycles. The molecule has 0 aromatic heterocycles. The van der Waals surface area contributed by atoms with Crippen LogP contribution in [0.4, 0.5) is 5.69 Å². The zero-order valence-corrected chi connectivity index (χ0v) is 15.3. The zero-order chi connectivity index (χ0) is 18.7. The first kappa shape index (κ1) is 17.7. The summed E-state index contributed by atoms with van der Waals surface area (Å²) in [5.74, 6) is 1.16. The molecule has 1 aliphatic heterocycles. The van der Waals surface area contributed by atoms with E-state index in [1.165, 1.54) is 5.56 Å². The summed E-state index contributed by atoms with van der Waals surface area (Å²) >= 11 is 0. The highest BCUT2D eigenvalue weighted by Gasteiger charge is 2.37. The average Bonchev–Trinajstić information content (AvgIpc) is 3.02. The van der Waals surface area contributed by atoms with Crippen LogP contribution in [0.15, 0.2) is 66.3 Å². The van der Waals surface area contributed by atoms with Crippen molar-refractivity contribution in [1.29, 1.82) is 0 Å². The molecule has 0 saturated heterocycles. The molecule has 134 valence electrons. The summed E-state index contributed by atoms with van der Waals surface area (Å²) < 4.78 is 5.26. The average molecular weight is 349 g/mol. The van der Waals surface area contributed by atoms with Crippen molar-refractivity contribution in [3.05, 3.63) is 72.3 Å². The van der Waals surface area contributed by atoms with E-state index < -0.39 is 0 Å². The third-order valence-electron chi connectivity index (χ3n) is 4.35. The Kier molecular flexibility index (Phi) is 5.07. The molecule has 5 nitrogen and oxygen atoms in total. The number of Topliss-reactive ketones (excluding diaryl/α,β-unsaturated/α-hetero) is 1. The first-order valence-electron chi connectivity index (χ1n) is 8.52. The molecule has 1 heterocycles. The number of carbonyl (C=O) groups excluding carboxylic acids is 1. The number of rotatable bonds is 6. The Labute approximate surface area is 154 Å². The van der Waals surface area contributed by atoms with Gasteiger partial charge < -0.3 is 9.64 Å². The van der Waals surface area contributed by atoms with E-state index in [0.717, 1.165) is 17.0 Å². The SMILES string of the molecule is C=CCN1C(C(C)=O)=NN(c2ccc(C)cc2)C1c1ccc(OC)cc1. The number of ketones is 1. The van der Waals surface area contributed by atoms with E-state index in [1.807, 2.05) is 65.4 Å². The van der Waals surface area contributed by atoms with Gasteiger partial charge in [-0.2, -0.15) is 0 Å². The molecule has 0 radical (unpaired) electrons. The van der Waals surface area contributed by atoms with Gasteiger partial charge in [-0.1, -0.05) is 35.9 Å². The van der Waals surface area contributed by atoms with Crippen LogP contribution >= 0.6 is 0 Å². The van der Waals surface area contributed by atoms with E-state index in [1.54, 1.807) is 20.1 Å². The second-order valence-corrected chi connectivity index (χ2v) is 6.25. The number of hydrogen-bond acceptors (Lipinski definition) is 5. The second kappa shape index (κ2) is 7.44. The van der Waals surface area contributed by atoms with E-state index in [4.69, 9.17) is 4.74 Å². The van der Waals surface area contributed by atoms with Gasteiger partial charge in [-0.15, -0.1) is 11.7 Å². The molecule has 5 heteroatoms. The number of nitrogens with zero attached hydrogens (tertiary/aromatic N) is 3. The van der Waals surface area contributed by atoms with Gasteiger partial charge in [-0.25, -0.2) is 5.01 Å². The van der Waals surface area contributed by atoms with Gasteiger partial charge in [0.25, 0.3) is 0 Å². The van der Waals surface area contributed by atoms with Crippen LogP contribution in [0, 0.1) is 6.92 Å². The van der Waals surface area contributed by atoms with Crippen LogP contribution < -0.4 is 9.75 Å². The molecule has 0 fully saturated rings. The fraction of sp³-hybridized carbons (Fsp3) is 0.238. The summed E-state index contributed by atoms with van der Waals surface area (Å²) in [5.41, 5.74) is 3.13. The molecule has 0 amide bonds. The Balaban J connectivity index is 2.08. The number of benzene rings is 2. The summed E-state index contributed by atoms with van der Waals surface area (Å²) in [7, 11) is 1.64. The number of carbonyl (C=O) groups is 1. The molecular weight excluding hydrogens is 326 g/mol. The van der Waals surface area contributed by atoms with Gasteiger partial charge in [-0.05, 0) is 36.8 Å². The lowest BCUT2D eigenvalue weighted by molar-refractivity contribution is -0.111. The van der Waals surface area contributed by atoms with Gasteiger partial charge in [-0.3, -0.25) is 4.79 Å². The Morgan fingerprint density at radius 2 is 1.85 bits per heavy atom. The monoisotopic (exact) mass is 349 g/mol. The lowest BCUT2D eigenvalue weighted by Gasteiger charge is -2.31. The van der Waals surface area contributed by atoms with Crippen LogP contribution in [0.1, 0.15) is 24.2 Å². The van der Waals surface area contributed by atoms with Crippen molar-refractivity contribution >= 4 is 17.3 Å². The first-order chi connectivity index (χ1) is 12.5. The van der Waals surface area contributed by atoms with Crippen LogP contribution in [0.3, 0.4) is 0 Å². The summed E-state index contributed by atoms with van der Waals surface area (Å²) in [6, 6.07) is 16.0. The van der Waals surface area contributed by atoms with E-state index in [2.05, 4.69) is 11.7 Å². The van der Waals surface area contributed by atoms with Crippen LogP contribution in [-0.2, 0) is 4.79 Å². The lowest BCUT2D eigenvalue weighted by Crippen LogP contribution is -2.37. The minimum atomic E-state index is -0.222. The molecule has 26 heavy (non-hydrogen) atoms. The van der Waals surface area contributed by atoms with Gasteiger partial charge in [0.1, 0.15) is 5.75 Å². The van der Waals surface area contributed by atoms with Crippen molar-refractivity contribution < 1.29 is 9.53 Å². The molecule has 2 aromatic rings. The highest BCUT2D eigenvalue weighted by Crippen LogP contribution is 2.36. The van der Waals surface area contributed by atoms with Gasteiger partial charge in [0.05, 0.1) is 12.8 Å². The predicted molar refractivity (Wildman–Crippen MR) is 104 cm³/mol. The van der Waals surface area contributed by atoms with Crippen molar-refractivity contribution in [3.63, 3.8) is 0 Å². The van der Waals surface area contributed by atoms with E-state index >= 15 is 0 Å². The molecule has 1 aliphatic rings. The van der Waals surface area contributed by atoms with Gasteiger partial charge in [0, 0.05) is 13.5 Å². The van der Waals surface area contributed by atoms with Crippen molar-refractivity contribution in [3.8, 4) is 5.75 Å². The van der Waals surface area contributed by atoms with Crippen LogP contribution in [0.5, 0.6) is 5.75 Å². The lowest BCUT2D eigenvalue weighted by atomic mass is 10.1. The second-order valence-electron chi connectivity index (χ2n) is 6.25. The van der Waals surface area contributed by atoms with E-state index in [-0.39, 0.29) is 11.9 Å². The molecule has 1 atom stereocenters. The number of hydrazone groups is 1. The first-order valence-corrected chi connectivity index (χ1v) is 8.52. The zero-order valence-electron chi connectivity index (χ0n) is 15.3. The minimum absolute atomic E-state index is 0.0695. The Hall–Kier alpha value is -3.08. The number of anilines is 1. The number of hydrogen-bond donors (Lipinski definition) is 0. The molecule has 2 aromatic carbocycles. The maximum Gasteiger partial charge on any atom is 0.196 e. The molecule has 0 spiro atoms. The van der Waals surface area contributed by atoms with Gasteiger partial charge in [0.15, 0.2) is 17.8 Å². The predicted octanol–water partition coefficient (Wildman–Crippen LogP) is 3.91. The fourth-order valence-corrected chi connectivity index (χ4v) is 3.05. The third kappa shape index (κ3) is 3.33. The Bertz CT molecular complexity index is 825. The number of ether oxygens (including phenoxy) is 1. The Morgan fingerprint density at radius 1 is 1.19 bits per heavy atom. The number of amidine groups is 1. The van der Waals surface area contributed by atoms with Gasteiger partial charge >= 0.3 is 0 Å². The van der Waals surface area contributed by atoms with Gasteiger partial charge in [0.2, 0.25) is 0 Å². The highest BCUT2D eigenvalue weighted by atomic mass is 16.5. The minimum Gasteiger partial charge on any atom is -0.497 e. The van der Waals surface area contributed by atoms with Crippen LogP contribution in [0.25, 0.3) is 0 Å². The maximum atomic E-state index is 12.2. The summed E-state index contributed by atoms with van der Waals surface area (Å²) in [6.45, 7) is 7.95. The maximum absolute atomic E-state index is 12.2. The summed E-state index contributed by atoms with van der Waals surface area (Å²) in [5, 5.41) is 6.53. The summed E-state index contributed by atoms with van der Waals surface area (Å²) in [6.07, 6.45) is 1.56. The van der Waals surface area contributed by atoms with E-state index in [9.17, 15) is 4.79 Å². The number of methoxy groups -OCH3 is 1. The highest BCUT2D eigenvalue weighted by molar-refractivity contribution is 6.38. The quantitative estimate of drug-likeness (QED) is 0.742. The molecule has 0 aliphatic carbocycles. The smallest absolute Gasteiger partial charge is 0.196 e. The van der Waals surface area contributed by atoms with Crippen LogP contribution in [0.2, 0.25) is 0 Å². The normalized spacial score (nSPS) is 16.4. The van der Waals surface area contributed by atoms with Crippen LogP contribution in [-0.4, -0.2) is 30.2 Å². The number of aryl methyl sites for hydroxylation is 1. The standard InChI is InChI=1S/C21H23N3O2/c1-5-14-23-20(16(3)25)22-24(18-10-6-15(2)7-11-18)21(23)17-8-12-19(26-4)13-9-17/h5-13,21H,1,14H2,2-4H3. The molecule has 0 bridgehead atoms. The molecule has 3 rings (SSSR count). The largest absolute Gasteiger partial charge is 0.497 e. The molecular formula is C21H23N3O2. The third-order valence-corrected chi connectivity index (χ3v) is 4.35. The van der Waals surface area contributed by atoms with Crippen molar-refractivity contribution in [2.45, 2.75) is 20.0 Å². The fourth-order valence-electron chi connectivity index (χ4n) is 3.05. The topological polar surface area (TPSA) is 45.1 Å². The van der Waals surface area contributed by atoms with E-state index in [0.29, 0.717) is 12.4 Å². The van der Waals surface area contributed by atoms with Crippen molar-refractivity contribution in [2.75, 3.05) is 18.7 Å². The molecule has 0 N–H and O–H groups in total. The Morgan fingerprint density at radius 3 is 2.38 bits per heavy atom. The summed E-state index contributed by atoms with van der Waals surface area (Å²) in [4.78, 5) is 14.2.